The van der Waals surface area contributed by atoms with E-state index in [1.807, 2.05) is 36.9 Å². The molecule has 2 fully saturated rings. The molecular weight excluding hydrogens is 260 g/mol. The van der Waals surface area contributed by atoms with E-state index in [1.54, 1.807) is 0 Å². The third-order valence-electron chi connectivity index (χ3n) is 4.87. The van der Waals surface area contributed by atoms with Crippen molar-refractivity contribution in [2.75, 3.05) is 19.6 Å². The number of nitrogens with one attached hydrogen (secondary N) is 1. The van der Waals surface area contributed by atoms with Crippen LogP contribution in [0.2, 0.25) is 0 Å². The average Bonchev–Trinajstić information content (AvgIpc) is 3.29. The molecule has 0 radical (unpaired) electrons. The van der Waals surface area contributed by atoms with Gasteiger partial charge in [0.15, 0.2) is 0 Å². The third kappa shape index (κ3) is 3.46. The fourth-order valence-corrected chi connectivity index (χ4v) is 3.25. The number of rotatable bonds is 4. The van der Waals surface area contributed by atoms with E-state index in [2.05, 4.69) is 5.32 Å². The van der Waals surface area contributed by atoms with Gasteiger partial charge in [-0.3, -0.25) is 4.79 Å². The van der Waals surface area contributed by atoms with Gasteiger partial charge in [-0.25, -0.2) is 0 Å². The SMILES string of the molecule is Cc1cccc(C)c1C(=O)N1CCC(NCC2CC2)CC1. The van der Waals surface area contributed by atoms with Crippen molar-refractivity contribution in [1.29, 1.82) is 0 Å². The number of piperidine rings is 1. The van der Waals surface area contributed by atoms with Crippen LogP contribution in [0.4, 0.5) is 0 Å². The number of aryl methyl sites for hydroxylation is 2. The first-order chi connectivity index (χ1) is 10.1. The van der Waals surface area contributed by atoms with Crippen LogP contribution in [0, 0.1) is 19.8 Å². The van der Waals surface area contributed by atoms with E-state index in [0.29, 0.717) is 6.04 Å². The molecule has 1 heterocycles. The normalized spacial score (nSPS) is 19.8. The van der Waals surface area contributed by atoms with Crippen LogP contribution in [0.25, 0.3) is 0 Å². The highest BCUT2D eigenvalue weighted by Gasteiger charge is 2.27. The van der Waals surface area contributed by atoms with Gasteiger partial charge in [-0.1, -0.05) is 18.2 Å². The van der Waals surface area contributed by atoms with Gasteiger partial charge in [-0.05, 0) is 63.1 Å². The number of carbonyl (C=O) groups is 1. The zero-order chi connectivity index (χ0) is 14.8. The Balaban J connectivity index is 1.57. The van der Waals surface area contributed by atoms with Crippen molar-refractivity contribution in [2.45, 2.75) is 45.6 Å². The lowest BCUT2D eigenvalue weighted by atomic mass is 9.99. The molecule has 1 N–H and O–H groups in total. The predicted molar refractivity (Wildman–Crippen MR) is 85.6 cm³/mol. The fourth-order valence-electron chi connectivity index (χ4n) is 3.25. The first-order valence-electron chi connectivity index (χ1n) is 8.24. The standard InChI is InChI=1S/C18H26N2O/c1-13-4-3-5-14(2)17(13)18(21)20-10-8-16(9-11-20)19-12-15-6-7-15/h3-5,15-16,19H,6-12H2,1-2H3. The monoisotopic (exact) mass is 286 g/mol. The van der Waals surface area contributed by atoms with E-state index >= 15 is 0 Å². The average molecular weight is 286 g/mol. The Bertz CT molecular complexity index is 494. The second-order valence-electron chi connectivity index (χ2n) is 6.68. The molecule has 1 aromatic carbocycles. The van der Waals surface area contributed by atoms with Crippen molar-refractivity contribution < 1.29 is 4.79 Å². The molecule has 1 aromatic rings. The summed E-state index contributed by atoms with van der Waals surface area (Å²) in [6, 6.07) is 6.69. The lowest BCUT2D eigenvalue weighted by molar-refractivity contribution is 0.0703. The van der Waals surface area contributed by atoms with Crippen LogP contribution in [0.15, 0.2) is 18.2 Å². The van der Waals surface area contributed by atoms with Crippen molar-refractivity contribution in [3.8, 4) is 0 Å². The van der Waals surface area contributed by atoms with Gasteiger partial charge in [-0.15, -0.1) is 0 Å². The summed E-state index contributed by atoms with van der Waals surface area (Å²) in [6.45, 7) is 7.01. The van der Waals surface area contributed by atoms with E-state index in [4.69, 9.17) is 0 Å². The quantitative estimate of drug-likeness (QED) is 0.923. The Morgan fingerprint density at radius 2 is 1.76 bits per heavy atom. The molecule has 0 aromatic heterocycles. The summed E-state index contributed by atoms with van der Waals surface area (Å²) < 4.78 is 0. The van der Waals surface area contributed by atoms with E-state index in [-0.39, 0.29) is 5.91 Å². The summed E-state index contributed by atoms with van der Waals surface area (Å²) in [5.41, 5.74) is 3.09. The van der Waals surface area contributed by atoms with Crippen LogP contribution in [-0.4, -0.2) is 36.5 Å². The minimum Gasteiger partial charge on any atom is -0.339 e. The van der Waals surface area contributed by atoms with Crippen molar-refractivity contribution in [2.24, 2.45) is 5.92 Å². The Morgan fingerprint density at radius 3 is 2.33 bits per heavy atom. The summed E-state index contributed by atoms with van der Waals surface area (Å²) in [5, 5.41) is 3.67. The Hall–Kier alpha value is -1.35. The minimum atomic E-state index is 0.214. The number of amides is 1. The summed E-state index contributed by atoms with van der Waals surface area (Å²) in [6.07, 6.45) is 4.97. The van der Waals surface area contributed by atoms with E-state index in [9.17, 15) is 4.79 Å². The number of likely N-dealkylation sites (tertiary alicyclic amines) is 1. The zero-order valence-corrected chi connectivity index (χ0v) is 13.2. The van der Waals surface area contributed by atoms with Gasteiger partial charge in [0, 0.05) is 24.7 Å². The first-order valence-corrected chi connectivity index (χ1v) is 8.24. The zero-order valence-electron chi connectivity index (χ0n) is 13.2. The largest absolute Gasteiger partial charge is 0.339 e. The topological polar surface area (TPSA) is 32.3 Å². The van der Waals surface area contributed by atoms with Gasteiger partial charge >= 0.3 is 0 Å². The Kier molecular flexibility index (Phi) is 4.29. The molecule has 0 atom stereocenters. The van der Waals surface area contributed by atoms with Crippen molar-refractivity contribution in [3.05, 3.63) is 34.9 Å². The van der Waals surface area contributed by atoms with Gasteiger partial charge in [0.05, 0.1) is 0 Å². The second kappa shape index (κ2) is 6.18. The maximum Gasteiger partial charge on any atom is 0.254 e. The highest BCUT2D eigenvalue weighted by molar-refractivity contribution is 5.97. The van der Waals surface area contributed by atoms with Crippen LogP contribution in [0.5, 0.6) is 0 Å². The summed E-state index contributed by atoms with van der Waals surface area (Å²) in [7, 11) is 0. The van der Waals surface area contributed by atoms with Crippen LogP contribution in [-0.2, 0) is 0 Å². The number of benzene rings is 1. The van der Waals surface area contributed by atoms with Crippen molar-refractivity contribution >= 4 is 5.91 Å². The van der Waals surface area contributed by atoms with Gasteiger partial charge in [0.25, 0.3) is 5.91 Å². The molecule has 0 bridgehead atoms. The molecule has 3 nitrogen and oxygen atoms in total. The molecule has 21 heavy (non-hydrogen) atoms. The predicted octanol–water partition coefficient (Wildman–Crippen LogP) is 2.91. The van der Waals surface area contributed by atoms with E-state index < -0.39 is 0 Å². The van der Waals surface area contributed by atoms with E-state index in [1.165, 1.54) is 19.4 Å². The molecule has 3 rings (SSSR count). The lowest BCUT2D eigenvalue weighted by Crippen LogP contribution is -2.45. The molecule has 0 spiro atoms. The van der Waals surface area contributed by atoms with Gasteiger partial charge in [-0.2, -0.15) is 0 Å². The van der Waals surface area contributed by atoms with Crippen LogP contribution in [0.1, 0.15) is 47.2 Å². The summed E-state index contributed by atoms with van der Waals surface area (Å²) in [4.78, 5) is 14.8. The fraction of sp³-hybridized carbons (Fsp3) is 0.611. The Labute approximate surface area is 127 Å². The molecular formula is C18H26N2O. The van der Waals surface area contributed by atoms with Crippen LogP contribution in [0.3, 0.4) is 0 Å². The number of hydrogen-bond donors (Lipinski definition) is 1. The highest BCUT2D eigenvalue weighted by atomic mass is 16.2. The van der Waals surface area contributed by atoms with Gasteiger partial charge in [0.2, 0.25) is 0 Å². The maximum atomic E-state index is 12.7. The third-order valence-corrected chi connectivity index (χ3v) is 4.87. The molecule has 3 heteroatoms. The summed E-state index contributed by atoms with van der Waals surface area (Å²) >= 11 is 0. The van der Waals surface area contributed by atoms with E-state index in [0.717, 1.165) is 48.5 Å². The van der Waals surface area contributed by atoms with Crippen molar-refractivity contribution in [1.82, 2.24) is 10.2 Å². The molecule has 1 saturated heterocycles. The van der Waals surface area contributed by atoms with Crippen LogP contribution < -0.4 is 5.32 Å². The number of nitrogens with zero attached hydrogens (tertiary/aromatic N) is 1. The Morgan fingerprint density at radius 1 is 1.14 bits per heavy atom. The van der Waals surface area contributed by atoms with Crippen LogP contribution >= 0.6 is 0 Å². The molecule has 2 aliphatic rings. The first kappa shape index (κ1) is 14.6. The molecule has 1 amide bonds. The molecule has 1 aliphatic heterocycles. The number of hydrogen-bond acceptors (Lipinski definition) is 2. The molecule has 1 aliphatic carbocycles. The highest BCUT2D eigenvalue weighted by Crippen LogP contribution is 2.28. The molecule has 0 unspecified atom stereocenters. The van der Waals surface area contributed by atoms with Gasteiger partial charge < -0.3 is 10.2 Å². The smallest absolute Gasteiger partial charge is 0.254 e. The van der Waals surface area contributed by atoms with Gasteiger partial charge in [0.1, 0.15) is 0 Å². The minimum absolute atomic E-state index is 0.214. The molecule has 114 valence electrons. The summed E-state index contributed by atoms with van der Waals surface area (Å²) in [5.74, 6) is 1.14. The molecule has 1 saturated carbocycles. The lowest BCUT2D eigenvalue weighted by Gasteiger charge is -2.33. The number of carbonyl (C=O) groups excluding carboxylic acids is 1. The van der Waals surface area contributed by atoms with Crippen molar-refractivity contribution in [3.63, 3.8) is 0 Å². The maximum absolute atomic E-state index is 12.7. The second-order valence-corrected chi connectivity index (χ2v) is 6.68.